The summed E-state index contributed by atoms with van der Waals surface area (Å²) in [6.45, 7) is 0.838. The summed E-state index contributed by atoms with van der Waals surface area (Å²) < 4.78 is 4.78. The molecular formula is C9H16N2O2. The van der Waals surface area contributed by atoms with Gasteiger partial charge in [-0.25, -0.2) is 4.79 Å². The fraction of sp³-hybridized carbons (Fsp3) is 0.667. The highest BCUT2D eigenvalue weighted by Crippen LogP contribution is 1.83. The van der Waals surface area contributed by atoms with Crippen LogP contribution in [-0.4, -0.2) is 57.2 Å². The third-order valence-electron chi connectivity index (χ3n) is 1.15. The molecule has 0 aliphatic rings. The fourth-order valence-electron chi connectivity index (χ4n) is 0.492. The number of ether oxygens (including phenoxy) is 1. The first kappa shape index (κ1) is 11.8. The van der Waals surface area contributed by atoms with Crippen LogP contribution in [0.2, 0.25) is 0 Å². The Kier molecular flexibility index (Phi) is 5.73. The molecule has 0 saturated heterocycles. The van der Waals surface area contributed by atoms with Gasteiger partial charge in [0.25, 0.3) is 0 Å². The molecule has 0 aliphatic heterocycles. The highest BCUT2D eigenvalue weighted by atomic mass is 16.5. The second-order valence-electron chi connectivity index (χ2n) is 3.04. The topological polar surface area (TPSA) is 32.8 Å². The zero-order chi connectivity index (χ0) is 10.3. The Morgan fingerprint density at radius 3 is 2.31 bits per heavy atom. The van der Waals surface area contributed by atoms with Gasteiger partial charge in [0.15, 0.2) is 6.61 Å². The van der Waals surface area contributed by atoms with Gasteiger partial charge in [-0.2, -0.15) is 0 Å². The fourth-order valence-corrected chi connectivity index (χ4v) is 0.492. The van der Waals surface area contributed by atoms with Crippen molar-refractivity contribution in [1.29, 1.82) is 0 Å². The van der Waals surface area contributed by atoms with Crippen LogP contribution in [0.25, 0.3) is 0 Å². The third-order valence-corrected chi connectivity index (χ3v) is 1.15. The number of carbonyl (C=O) groups is 1. The largest absolute Gasteiger partial charge is 0.436 e. The van der Waals surface area contributed by atoms with E-state index in [-0.39, 0.29) is 12.7 Å². The number of nitrogens with zero attached hydrogens (tertiary/aromatic N) is 2. The molecule has 4 nitrogen and oxygen atoms in total. The van der Waals surface area contributed by atoms with Gasteiger partial charge in [-0.05, 0) is 14.1 Å². The lowest BCUT2D eigenvalue weighted by molar-refractivity contribution is 0.131. The minimum absolute atomic E-state index is 0.158. The van der Waals surface area contributed by atoms with Gasteiger partial charge in [-0.3, -0.25) is 4.90 Å². The maximum absolute atomic E-state index is 10.9. The van der Waals surface area contributed by atoms with Crippen LogP contribution in [0.4, 0.5) is 4.79 Å². The van der Waals surface area contributed by atoms with Crippen molar-refractivity contribution in [2.24, 2.45) is 0 Å². The van der Waals surface area contributed by atoms with Crippen LogP contribution in [0.1, 0.15) is 0 Å². The van der Waals surface area contributed by atoms with Crippen molar-refractivity contribution >= 4 is 6.09 Å². The van der Waals surface area contributed by atoms with Crippen molar-refractivity contribution in [1.82, 2.24) is 9.80 Å². The average Bonchev–Trinajstić information content (AvgIpc) is 2.02. The van der Waals surface area contributed by atoms with E-state index in [1.807, 2.05) is 19.0 Å². The van der Waals surface area contributed by atoms with Crippen molar-refractivity contribution in [3.63, 3.8) is 0 Å². The summed E-state index contributed by atoms with van der Waals surface area (Å²) in [5, 5.41) is 0. The molecular weight excluding hydrogens is 168 g/mol. The summed E-state index contributed by atoms with van der Waals surface area (Å²) in [5.74, 6) is 5.60. The van der Waals surface area contributed by atoms with Crippen molar-refractivity contribution in [3.05, 3.63) is 0 Å². The molecule has 0 unspecified atom stereocenters. The van der Waals surface area contributed by atoms with E-state index in [9.17, 15) is 4.79 Å². The Morgan fingerprint density at radius 2 is 1.85 bits per heavy atom. The molecule has 0 saturated carbocycles. The predicted molar refractivity (Wildman–Crippen MR) is 51.4 cm³/mol. The first-order chi connectivity index (χ1) is 6.04. The van der Waals surface area contributed by atoms with E-state index in [0.717, 1.165) is 0 Å². The molecule has 0 fully saturated rings. The summed E-state index contributed by atoms with van der Waals surface area (Å²) >= 11 is 0. The maximum atomic E-state index is 10.9. The quantitative estimate of drug-likeness (QED) is 0.577. The van der Waals surface area contributed by atoms with Gasteiger partial charge in [0.05, 0.1) is 6.54 Å². The first-order valence-corrected chi connectivity index (χ1v) is 3.98. The SMILES string of the molecule is CN(C)CC#CCOC(=O)N(C)C. The van der Waals surface area contributed by atoms with Crippen molar-refractivity contribution in [2.45, 2.75) is 0 Å². The molecule has 4 heteroatoms. The second-order valence-corrected chi connectivity index (χ2v) is 3.04. The van der Waals surface area contributed by atoms with E-state index < -0.39 is 0 Å². The monoisotopic (exact) mass is 184 g/mol. The van der Waals surface area contributed by atoms with Crippen molar-refractivity contribution in [3.8, 4) is 11.8 Å². The molecule has 0 heterocycles. The summed E-state index contributed by atoms with van der Waals surface area (Å²) in [6.07, 6.45) is -0.362. The van der Waals surface area contributed by atoms with Crippen LogP contribution in [-0.2, 0) is 4.74 Å². The van der Waals surface area contributed by atoms with Crippen LogP contribution in [0.3, 0.4) is 0 Å². The molecule has 0 N–H and O–H groups in total. The average molecular weight is 184 g/mol. The highest BCUT2D eigenvalue weighted by Gasteiger charge is 2.01. The standard InChI is InChI=1S/C9H16N2O2/c1-10(2)7-5-6-8-13-9(12)11(3)4/h7-8H2,1-4H3. The van der Waals surface area contributed by atoms with E-state index in [4.69, 9.17) is 4.74 Å². The molecule has 0 atom stereocenters. The molecule has 0 aromatic rings. The number of hydrogen-bond acceptors (Lipinski definition) is 3. The summed E-state index contributed by atoms with van der Waals surface area (Å²) in [7, 11) is 7.13. The molecule has 1 amide bonds. The molecule has 13 heavy (non-hydrogen) atoms. The minimum atomic E-state index is -0.362. The number of amides is 1. The lowest BCUT2D eigenvalue weighted by Crippen LogP contribution is -2.22. The molecule has 74 valence electrons. The van der Waals surface area contributed by atoms with E-state index >= 15 is 0 Å². The molecule has 0 aromatic carbocycles. The first-order valence-electron chi connectivity index (χ1n) is 3.98. The van der Waals surface area contributed by atoms with Crippen LogP contribution in [0.15, 0.2) is 0 Å². The Balaban J connectivity index is 3.53. The zero-order valence-electron chi connectivity index (χ0n) is 8.63. The van der Waals surface area contributed by atoms with Gasteiger partial charge in [0, 0.05) is 14.1 Å². The maximum Gasteiger partial charge on any atom is 0.410 e. The van der Waals surface area contributed by atoms with Gasteiger partial charge in [0.1, 0.15) is 0 Å². The van der Waals surface area contributed by atoms with Crippen molar-refractivity contribution < 1.29 is 9.53 Å². The lowest BCUT2D eigenvalue weighted by Gasteiger charge is -2.08. The Bertz CT molecular complexity index is 213. The molecule has 0 aliphatic carbocycles. The molecule has 0 spiro atoms. The normalized spacial score (nSPS) is 9.00. The molecule has 0 aromatic heterocycles. The summed E-state index contributed by atoms with van der Waals surface area (Å²) in [4.78, 5) is 14.2. The lowest BCUT2D eigenvalue weighted by atomic mass is 10.5. The zero-order valence-corrected chi connectivity index (χ0v) is 8.63. The van der Waals surface area contributed by atoms with Gasteiger partial charge in [0.2, 0.25) is 0 Å². The number of hydrogen-bond donors (Lipinski definition) is 0. The smallest absolute Gasteiger partial charge is 0.410 e. The Morgan fingerprint density at radius 1 is 1.23 bits per heavy atom. The molecule has 0 radical (unpaired) electrons. The van der Waals surface area contributed by atoms with Gasteiger partial charge in [-0.1, -0.05) is 11.8 Å². The van der Waals surface area contributed by atoms with Crippen LogP contribution < -0.4 is 0 Å². The minimum Gasteiger partial charge on any atom is -0.436 e. The van der Waals surface area contributed by atoms with Crippen molar-refractivity contribution in [2.75, 3.05) is 41.3 Å². The van der Waals surface area contributed by atoms with E-state index in [1.54, 1.807) is 14.1 Å². The van der Waals surface area contributed by atoms with Gasteiger partial charge < -0.3 is 9.64 Å². The predicted octanol–water partition coefficient (Wildman–Crippen LogP) is 0.250. The number of carbonyl (C=O) groups excluding carboxylic acids is 1. The van der Waals surface area contributed by atoms with Gasteiger partial charge in [-0.15, -0.1) is 0 Å². The third kappa shape index (κ3) is 7.16. The Labute approximate surface area is 79.5 Å². The van der Waals surface area contributed by atoms with E-state index in [1.165, 1.54) is 4.90 Å². The van der Waals surface area contributed by atoms with E-state index in [0.29, 0.717) is 6.54 Å². The van der Waals surface area contributed by atoms with Gasteiger partial charge >= 0.3 is 6.09 Å². The van der Waals surface area contributed by atoms with Crippen LogP contribution >= 0.6 is 0 Å². The molecule has 0 bridgehead atoms. The van der Waals surface area contributed by atoms with Crippen LogP contribution in [0, 0.1) is 11.8 Å². The highest BCUT2D eigenvalue weighted by molar-refractivity contribution is 5.66. The van der Waals surface area contributed by atoms with Crippen LogP contribution in [0.5, 0.6) is 0 Å². The summed E-state index contributed by atoms with van der Waals surface area (Å²) in [5.41, 5.74) is 0. The summed E-state index contributed by atoms with van der Waals surface area (Å²) in [6, 6.07) is 0. The second kappa shape index (κ2) is 6.32. The van der Waals surface area contributed by atoms with E-state index in [2.05, 4.69) is 11.8 Å². The Hall–Kier alpha value is -1.21. The number of rotatable bonds is 2. The molecule has 0 rings (SSSR count).